The summed E-state index contributed by atoms with van der Waals surface area (Å²) in [6.07, 6.45) is -2.66. The van der Waals surface area contributed by atoms with E-state index in [-0.39, 0.29) is 18.9 Å². The van der Waals surface area contributed by atoms with Crippen molar-refractivity contribution >= 4 is 0 Å². The molecule has 1 saturated carbocycles. The Labute approximate surface area is 58.7 Å². The van der Waals surface area contributed by atoms with Gasteiger partial charge in [0.05, 0.1) is 12.2 Å². The van der Waals surface area contributed by atoms with Gasteiger partial charge in [-0.2, -0.15) is 0 Å². The summed E-state index contributed by atoms with van der Waals surface area (Å²) in [7, 11) is 0. The van der Waals surface area contributed by atoms with E-state index in [0.717, 1.165) is 0 Å². The molecule has 4 unspecified atom stereocenters. The maximum Gasteiger partial charge on any atom is 0.106 e. The Bertz CT molecular complexity index is 116. The van der Waals surface area contributed by atoms with Crippen LogP contribution in [-0.4, -0.2) is 45.3 Å². The lowest BCUT2D eigenvalue weighted by Gasteiger charge is -2.12. The van der Waals surface area contributed by atoms with E-state index in [1.165, 1.54) is 0 Å². The highest BCUT2D eigenvalue weighted by Gasteiger charge is 2.39. The summed E-state index contributed by atoms with van der Waals surface area (Å²) in [5.74, 6) is -0.370. The molecule has 4 heteroatoms. The fourth-order valence-corrected chi connectivity index (χ4v) is 1.28. The number of aliphatic hydroxyl groups is 4. The molecular weight excluding hydrogens is 136 g/mol. The largest absolute Gasteiger partial charge is 0.396 e. The molecule has 60 valence electrons. The first-order valence-electron chi connectivity index (χ1n) is 3.32. The van der Waals surface area contributed by atoms with Crippen LogP contribution in [0.15, 0.2) is 0 Å². The summed E-state index contributed by atoms with van der Waals surface area (Å²) >= 11 is 0. The average Bonchev–Trinajstić information content (AvgIpc) is 2.17. The first kappa shape index (κ1) is 7.94. The van der Waals surface area contributed by atoms with Crippen molar-refractivity contribution in [3.8, 4) is 0 Å². The molecule has 0 bridgehead atoms. The second-order valence-electron chi connectivity index (χ2n) is 2.73. The summed E-state index contributed by atoms with van der Waals surface area (Å²) in [6, 6.07) is 0. The van der Waals surface area contributed by atoms with E-state index < -0.39 is 18.3 Å². The minimum absolute atomic E-state index is 0.185. The van der Waals surface area contributed by atoms with E-state index >= 15 is 0 Å². The van der Waals surface area contributed by atoms with Crippen molar-refractivity contribution in [2.24, 2.45) is 5.92 Å². The van der Waals surface area contributed by atoms with Gasteiger partial charge in [0, 0.05) is 12.5 Å². The van der Waals surface area contributed by atoms with Crippen LogP contribution in [0.2, 0.25) is 0 Å². The molecule has 4 atom stereocenters. The minimum atomic E-state index is -1.09. The maximum atomic E-state index is 9.06. The van der Waals surface area contributed by atoms with Gasteiger partial charge in [-0.3, -0.25) is 0 Å². The first-order chi connectivity index (χ1) is 4.66. The topological polar surface area (TPSA) is 80.9 Å². The average molecular weight is 148 g/mol. The number of rotatable bonds is 1. The van der Waals surface area contributed by atoms with Crippen molar-refractivity contribution in [1.82, 2.24) is 0 Å². The fourth-order valence-electron chi connectivity index (χ4n) is 1.28. The minimum Gasteiger partial charge on any atom is -0.396 e. The molecule has 0 spiro atoms. The van der Waals surface area contributed by atoms with E-state index in [1.54, 1.807) is 0 Å². The quantitative estimate of drug-likeness (QED) is 0.349. The lowest BCUT2D eigenvalue weighted by molar-refractivity contribution is -0.0302. The van der Waals surface area contributed by atoms with E-state index in [1.807, 2.05) is 0 Å². The SMILES string of the molecule is OCC1CC(O)C(O)C1O. The highest BCUT2D eigenvalue weighted by atomic mass is 16.4. The number of aliphatic hydroxyl groups excluding tert-OH is 4. The summed E-state index contributed by atoms with van der Waals surface area (Å²) in [6.45, 7) is -0.185. The Kier molecular flexibility index (Phi) is 2.25. The van der Waals surface area contributed by atoms with Gasteiger partial charge in [0.1, 0.15) is 6.10 Å². The third kappa shape index (κ3) is 1.15. The smallest absolute Gasteiger partial charge is 0.106 e. The normalized spacial score (nSPS) is 48.0. The van der Waals surface area contributed by atoms with E-state index in [0.29, 0.717) is 0 Å². The molecule has 0 amide bonds. The van der Waals surface area contributed by atoms with E-state index in [2.05, 4.69) is 0 Å². The Morgan fingerprint density at radius 3 is 1.90 bits per heavy atom. The highest BCUT2D eigenvalue weighted by Crippen LogP contribution is 2.25. The van der Waals surface area contributed by atoms with Gasteiger partial charge in [-0.05, 0) is 6.42 Å². The Morgan fingerprint density at radius 1 is 1.10 bits per heavy atom. The van der Waals surface area contributed by atoms with Gasteiger partial charge in [-0.15, -0.1) is 0 Å². The van der Waals surface area contributed by atoms with Crippen LogP contribution in [0, 0.1) is 5.92 Å². The second kappa shape index (κ2) is 2.84. The lowest BCUT2D eigenvalue weighted by atomic mass is 10.1. The monoisotopic (exact) mass is 148 g/mol. The third-order valence-corrected chi connectivity index (χ3v) is 2.01. The fraction of sp³-hybridized carbons (Fsp3) is 1.00. The van der Waals surface area contributed by atoms with Crippen molar-refractivity contribution in [2.75, 3.05) is 6.61 Å². The van der Waals surface area contributed by atoms with Crippen LogP contribution < -0.4 is 0 Å². The van der Waals surface area contributed by atoms with Gasteiger partial charge in [-0.1, -0.05) is 0 Å². The molecule has 4 nitrogen and oxygen atoms in total. The highest BCUT2D eigenvalue weighted by molar-refractivity contribution is 4.90. The predicted molar refractivity (Wildman–Crippen MR) is 33.2 cm³/mol. The van der Waals surface area contributed by atoms with E-state index in [9.17, 15) is 0 Å². The molecular formula is C6H12O4. The van der Waals surface area contributed by atoms with Crippen LogP contribution in [-0.2, 0) is 0 Å². The van der Waals surface area contributed by atoms with Crippen molar-refractivity contribution in [3.05, 3.63) is 0 Å². The van der Waals surface area contributed by atoms with Crippen molar-refractivity contribution in [3.63, 3.8) is 0 Å². The summed E-state index contributed by atoms with van der Waals surface area (Å²) in [5, 5.41) is 35.6. The molecule has 4 N–H and O–H groups in total. The van der Waals surface area contributed by atoms with Crippen LogP contribution in [0.1, 0.15) is 6.42 Å². The standard InChI is InChI=1S/C6H12O4/c7-2-3-1-4(8)6(10)5(3)9/h3-10H,1-2H2. The van der Waals surface area contributed by atoms with E-state index in [4.69, 9.17) is 20.4 Å². The van der Waals surface area contributed by atoms with Crippen molar-refractivity contribution < 1.29 is 20.4 Å². The molecule has 0 aromatic rings. The zero-order valence-corrected chi connectivity index (χ0v) is 5.51. The molecule has 0 radical (unpaired) electrons. The third-order valence-electron chi connectivity index (χ3n) is 2.01. The van der Waals surface area contributed by atoms with Gasteiger partial charge in [-0.25, -0.2) is 0 Å². The predicted octanol–water partition coefficient (Wildman–Crippen LogP) is -1.92. The molecule has 1 fully saturated rings. The van der Waals surface area contributed by atoms with Crippen LogP contribution in [0.3, 0.4) is 0 Å². The molecule has 1 aliphatic rings. The summed E-state index contributed by atoms with van der Waals surface area (Å²) in [4.78, 5) is 0. The van der Waals surface area contributed by atoms with Gasteiger partial charge in [0.25, 0.3) is 0 Å². The zero-order valence-electron chi connectivity index (χ0n) is 5.51. The van der Waals surface area contributed by atoms with Crippen LogP contribution >= 0.6 is 0 Å². The molecule has 0 aromatic heterocycles. The molecule has 0 heterocycles. The second-order valence-corrected chi connectivity index (χ2v) is 2.73. The van der Waals surface area contributed by atoms with Gasteiger partial charge in [0.2, 0.25) is 0 Å². The van der Waals surface area contributed by atoms with Gasteiger partial charge < -0.3 is 20.4 Å². The Balaban J connectivity index is 2.53. The molecule has 0 saturated heterocycles. The van der Waals surface area contributed by atoms with Gasteiger partial charge in [0.15, 0.2) is 0 Å². The summed E-state index contributed by atoms with van der Waals surface area (Å²) < 4.78 is 0. The lowest BCUT2D eigenvalue weighted by Crippen LogP contribution is -2.31. The molecule has 0 aromatic carbocycles. The first-order valence-corrected chi connectivity index (χ1v) is 3.32. The molecule has 1 aliphatic carbocycles. The molecule has 10 heavy (non-hydrogen) atoms. The maximum absolute atomic E-state index is 9.06. The molecule has 0 aliphatic heterocycles. The van der Waals surface area contributed by atoms with Crippen molar-refractivity contribution in [1.29, 1.82) is 0 Å². The Morgan fingerprint density at radius 2 is 1.70 bits per heavy atom. The zero-order chi connectivity index (χ0) is 7.72. The van der Waals surface area contributed by atoms with Crippen LogP contribution in [0.5, 0.6) is 0 Å². The van der Waals surface area contributed by atoms with Gasteiger partial charge >= 0.3 is 0 Å². The van der Waals surface area contributed by atoms with Crippen molar-refractivity contribution in [2.45, 2.75) is 24.7 Å². The molecule has 1 rings (SSSR count). The summed E-state index contributed by atoms with van der Waals surface area (Å²) in [5.41, 5.74) is 0. The number of hydrogen-bond acceptors (Lipinski definition) is 4. The Hall–Kier alpha value is -0.160. The van der Waals surface area contributed by atoms with Crippen LogP contribution in [0.4, 0.5) is 0 Å². The number of hydrogen-bond donors (Lipinski definition) is 4. The van der Waals surface area contributed by atoms with Crippen LogP contribution in [0.25, 0.3) is 0 Å².